The number of likely N-dealkylation sites (N-methyl/N-ethyl adjacent to an activating group) is 1. The topological polar surface area (TPSA) is 45.4 Å². The van der Waals surface area contributed by atoms with Gasteiger partial charge >= 0.3 is 0 Å². The van der Waals surface area contributed by atoms with Crippen LogP contribution in [-0.4, -0.2) is 42.1 Å². The number of pyridine rings is 1. The van der Waals surface area contributed by atoms with Crippen molar-refractivity contribution < 1.29 is 0 Å². The SMILES string of the molecule is CCN(CC)C1CCN(c2ccnc(N)c2)C1. The third-order valence-corrected chi connectivity index (χ3v) is 3.62. The summed E-state index contributed by atoms with van der Waals surface area (Å²) in [6.07, 6.45) is 3.03. The molecule has 1 aliphatic heterocycles. The molecule has 2 N–H and O–H groups in total. The Morgan fingerprint density at radius 2 is 2.24 bits per heavy atom. The van der Waals surface area contributed by atoms with Crippen LogP contribution < -0.4 is 10.6 Å². The first-order valence-corrected chi connectivity index (χ1v) is 6.45. The molecule has 0 spiro atoms. The van der Waals surface area contributed by atoms with Crippen molar-refractivity contribution in [2.24, 2.45) is 0 Å². The molecule has 4 heteroatoms. The fourth-order valence-corrected chi connectivity index (χ4v) is 2.65. The summed E-state index contributed by atoms with van der Waals surface area (Å²) < 4.78 is 0. The second kappa shape index (κ2) is 5.36. The van der Waals surface area contributed by atoms with Gasteiger partial charge in [-0.1, -0.05) is 13.8 Å². The normalized spacial score (nSPS) is 20.2. The zero-order valence-electron chi connectivity index (χ0n) is 10.8. The van der Waals surface area contributed by atoms with E-state index in [1.54, 1.807) is 6.20 Å². The van der Waals surface area contributed by atoms with Crippen molar-refractivity contribution in [2.45, 2.75) is 26.3 Å². The second-order valence-corrected chi connectivity index (χ2v) is 4.55. The van der Waals surface area contributed by atoms with Crippen LogP contribution in [0.15, 0.2) is 18.3 Å². The minimum absolute atomic E-state index is 0.605. The molecule has 1 unspecified atom stereocenters. The molecule has 1 saturated heterocycles. The van der Waals surface area contributed by atoms with Gasteiger partial charge in [0.1, 0.15) is 5.82 Å². The van der Waals surface area contributed by atoms with E-state index in [4.69, 9.17) is 5.73 Å². The molecule has 2 heterocycles. The molecule has 94 valence electrons. The van der Waals surface area contributed by atoms with Gasteiger partial charge < -0.3 is 10.6 Å². The Morgan fingerprint density at radius 3 is 2.88 bits per heavy atom. The second-order valence-electron chi connectivity index (χ2n) is 4.55. The predicted molar refractivity (Wildman–Crippen MR) is 72.2 cm³/mol. The zero-order chi connectivity index (χ0) is 12.3. The van der Waals surface area contributed by atoms with E-state index in [1.165, 1.54) is 12.1 Å². The largest absolute Gasteiger partial charge is 0.384 e. The van der Waals surface area contributed by atoms with Gasteiger partial charge in [-0.05, 0) is 25.6 Å². The Kier molecular flexibility index (Phi) is 3.84. The number of hydrogen-bond acceptors (Lipinski definition) is 4. The number of anilines is 2. The van der Waals surface area contributed by atoms with Crippen molar-refractivity contribution in [2.75, 3.05) is 36.8 Å². The number of aromatic nitrogens is 1. The molecule has 2 rings (SSSR count). The van der Waals surface area contributed by atoms with Crippen molar-refractivity contribution in [1.82, 2.24) is 9.88 Å². The molecule has 1 atom stereocenters. The van der Waals surface area contributed by atoms with E-state index in [1.807, 2.05) is 12.1 Å². The van der Waals surface area contributed by atoms with E-state index < -0.39 is 0 Å². The molecule has 17 heavy (non-hydrogen) atoms. The molecule has 0 amide bonds. The summed E-state index contributed by atoms with van der Waals surface area (Å²) >= 11 is 0. The summed E-state index contributed by atoms with van der Waals surface area (Å²) in [4.78, 5) is 8.97. The summed E-state index contributed by atoms with van der Waals surface area (Å²) in [5.74, 6) is 0.605. The highest BCUT2D eigenvalue weighted by atomic mass is 15.2. The first-order chi connectivity index (χ1) is 8.24. The maximum absolute atomic E-state index is 5.72. The van der Waals surface area contributed by atoms with E-state index in [0.717, 1.165) is 26.2 Å². The van der Waals surface area contributed by atoms with E-state index in [9.17, 15) is 0 Å². The third kappa shape index (κ3) is 2.69. The highest BCUT2D eigenvalue weighted by Gasteiger charge is 2.26. The average molecular weight is 234 g/mol. The molecule has 1 aliphatic rings. The third-order valence-electron chi connectivity index (χ3n) is 3.62. The van der Waals surface area contributed by atoms with Crippen LogP contribution in [0.1, 0.15) is 20.3 Å². The molecule has 1 aromatic heterocycles. The van der Waals surface area contributed by atoms with Crippen LogP contribution in [0.5, 0.6) is 0 Å². The molecule has 0 aromatic carbocycles. The Bertz CT molecular complexity index is 362. The van der Waals surface area contributed by atoms with Crippen LogP contribution in [0.3, 0.4) is 0 Å². The number of nitrogens with zero attached hydrogens (tertiary/aromatic N) is 3. The first-order valence-electron chi connectivity index (χ1n) is 6.45. The smallest absolute Gasteiger partial charge is 0.125 e. The number of nitrogens with two attached hydrogens (primary N) is 1. The number of hydrogen-bond donors (Lipinski definition) is 1. The van der Waals surface area contributed by atoms with Crippen LogP contribution in [-0.2, 0) is 0 Å². The van der Waals surface area contributed by atoms with E-state index in [2.05, 4.69) is 28.6 Å². The van der Waals surface area contributed by atoms with Gasteiger partial charge in [-0.2, -0.15) is 0 Å². The average Bonchev–Trinajstić information content (AvgIpc) is 2.80. The van der Waals surface area contributed by atoms with Crippen LogP contribution in [0.4, 0.5) is 11.5 Å². The molecule has 0 radical (unpaired) electrons. The maximum Gasteiger partial charge on any atom is 0.125 e. The summed E-state index contributed by atoms with van der Waals surface area (Å²) in [7, 11) is 0. The lowest BCUT2D eigenvalue weighted by Crippen LogP contribution is -2.37. The fraction of sp³-hybridized carbons (Fsp3) is 0.615. The van der Waals surface area contributed by atoms with Crippen LogP contribution in [0.25, 0.3) is 0 Å². The molecule has 1 fully saturated rings. The van der Waals surface area contributed by atoms with Gasteiger partial charge in [0.05, 0.1) is 0 Å². The maximum atomic E-state index is 5.72. The van der Waals surface area contributed by atoms with Crippen molar-refractivity contribution >= 4 is 11.5 Å². The molecule has 4 nitrogen and oxygen atoms in total. The van der Waals surface area contributed by atoms with Crippen LogP contribution in [0.2, 0.25) is 0 Å². The minimum atomic E-state index is 0.605. The van der Waals surface area contributed by atoms with E-state index in [0.29, 0.717) is 11.9 Å². The van der Waals surface area contributed by atoms with E-state index in [-0.39, 0.29) is 0 Å². The van der Waals surface area contributed by atoms with Crippen molar-refractivity contribution in [3.8, 4) is 0 Å². The van der Waals surface area contributed by atoms with Gasteiger partial charge in [0.15, 0.2) is 0 Å². The molecule has 1 aromatic rings. The highest BCUT2D eigenvalue weighted by Crippen LogP contribution is 2.23. The van der Waals surface area contributed by atoms with Gasteiger partial charge in [-0.25, -0.2) is 4.98 Å². The van der Waals surface area contributed by atoms with Gasteiger partial charge in [0, 0.05) is 37.1 Å². The van der Waals surface area contributed by atoms with Gasteiger partial charge in [-0.15, -0.1) is 0 Å². The number of rotatable bonds is 4. The Labute approximate surface area is 103 Å². The monoisotopic (exact) mass is 234 g/mol. The fourth-order valence-electron chi connectivity index (χ4n) is 2.65. The summed E-state index contributed by atoms with van der Waals surface area (Å²) in [5, 5.41) is 0. The van der Waals surface area contributed by atoms with Crippen LogP contribution >= 0.6 is 0 Å². The summed E-state index contributed by atoms with van der Waals surface area (Å²) in [6, 6.07) is 4.69. The minimum Gasteiger partial charge on any atom is -0.384 e. The Morgan fingerprint density at radius 1 is 1.47 bits per heavy atom. The standard InChI is InChI=1S/C13H22N4/c1-3-16(4-2)12-6-8-17(10-12)11-5-7-15-13(14)9-11/h5,7,9,12H,3-4,6,8,10H2,1-2H3,(H2,14,15). The van der Waals surface area contributed by atoms with E-state index >= 15 is 0 Å². The quantitative estimate of drug-likeness (QED) is 0.859. The Hall–Kier alpha value is -1.29. The summed E-state index contributed by atoms with van der Waals surface area (Å²) in [5.41, 5.74) is 6.93. The lowest BCUT2D eigenvalue weighted by Gasteiger charge is -2.26. The first kappa shape index (κ1) is 12.2. The van der Waals surface area contributed by atoms with Crippen molar-refractivity contribution in [3.05, 3.63) is 18.3 Å². The van der Waals surface area contributed by atoms with Crippen LogP contribution in [0, 0.1) is 0 Å². The molecular weight excluding hydrogens is 212 g/mol. The zero-order valence-corrected chi connectivity index (χ0v) is 10.8. The van der Waals surface area contributed by atoms with Crippen molar-refractivity contribution in [1.29, 1.82) is 0 Å². The molecular formula is C13H22N4. The Balaban J connectivity index is 2.02. The lowest BCUT2D eigenvalue weighted by molar-refractivity contribution is 0.232. The van der Waals surface area contributed by atoms with Gasteiger partial charge in [0.25, 0.3) is 0 Å². The molecule has 0 bridgehead atoms. The molecule has 0 saturated carbocycles. The van der Waals surface area contributed by atoms with Gasteiger partial charge in [-0.3, -0.25) is 4.90 Å². The van der Waals surface area contributed by atoms with Gasteiger partial charge in [0.2, 0.25) is 0 Å². The highest BCUT2D eigenvalue weighted by molar-refractivity contribution is 5.52. The van der Waals surface area contributed by atoms with Crippen molar-refractivity contribution in [3.63, 3.8) is 0 Å². The number of nitrogen functional groups attached to an aromatic ring is 1. The predicted octanol–water partition coefficient (Wildman–Crippen LogP) is 1.58. The lowest BCUT2D eigenvalue weighted by atomic mass is 10.2. The summed E-state index contributed by atoms with van der Waals surface area (Å²) in [6.45, 7) is 8.95. The molecule has 0 aliphatic carbocycles.